The van der Waals surface area contributed by atoms with Crippen LogP contribution < -0.4 is 0 Å². The lowest BCUT2D eigenvalue weighted by atomic mass is 9.86. The third-order valence-corrected chi connectivity index (χ3v) is 11.5. The van der Waals surface area contributed by atoms with Gasteiger partial charge in [-0.3, -0.25) is 0 Å². The Balaban J connectivity index is 1.32. The molecule has 5 heteroatoms. The molecular formula is C53H45N5. The van der Waals surface area contributed by atoms with E-state index < -0.39 is 0 Å². The molecule has 10 aromatic rings. The summed E-state index contributed by atoms with van der Waals surface area (Å²) in [4.78, 5) is 16.0. The molecule has 0 bridgehead atoms. The first-order chi connectivity index (χ1) is 28.0. The molecule has 0 aliphatic carbocycles. The molecule has 3 heterocycles. The van der Waals surface area contributed by atoms with Crippen molar-refractivity contribution in [3.05, 3.63) is 175 Å². The molecule has 282 valence electrons. The van der Waals surface area contributed by atoms with Crippen LogP contribution in [0.15, 0.2) is 164 Å². The van der Waals surface area contributed by atoms with E-state index >= 15 is 0 Å². The van der Waals surface area contributed by atoms with Gasteiger partial charge in [0, 0.05) is 49.6 Å². The van der Waals surface area contributed by atoms with E-state index in [-0.39, 0.29) is 10.8 Å². The van der Waals surface area contributed by atoms with Crippen molar-refractivity contribution in [1.29, 1.82) is 0 Å². The van der Waals surface area contributed by atoms with Gasteiger partial charge >= 0.3 is 0 Å². The molecule has 0 aliphatic rings. The van der Waals surface area contributed by atoms with Crippen molar-refractivity contribution >= 4 is 43.6 Å². The SMILES string of the molecule is CC(C)(C)c1ccc(-c2nc(-c3ccc(C(C)(C)C)cc3)nc(-c3cc(-n4c5ccccc5c5ccccc54)cc4c5ccccc5n(-c5ccccc5)c34)n2)cc1. The van der Waals surface area contributed by atoms with E-state index in [1.807, 2.05) is 0 Å². The molecule has 0 aliphatic heterocycles. The van der Waals surface area contributed by atoms with Crippen LogP contribution in [0.2, 0.25) is 0 Å². The Hall–Kier alpha value is -6.85. The average molecular weight is 752 g/mol. The van der Waals surface area contributed by atoms with Gasteiger partial charge in [-0.15, -0.1) is 0 Å². The van der Waals surface area contributed by atoms with E-state index in [9.17, 15) is 0 Å². The van der Waals surface area contributed by atoms with Gasteiger partial charge in [0.25, 0.3) is 0 Å². The van der Waals surface area contributed by atoms with Gasteiger partial charge in [0.15, 0.2) is 17.5 Å². The lowest BCUT2D eigenvalue weighted by Gasteiger charge is -2.19. The maximum absolute atomic E-state index is 5.41. The lowest BCUT2D eigenvalue weighted by molar-refractivity contribution is 0.590. The summed E-state index contributed by atoms with van der Waals surface area (Å²) in [5.74, 6) is 1.89. The maximum Gasteiger partial charge on any atom is 0.166 e. The van der Waals surface area contributed by atoms with Crippen molar-refractivity contribution < 1.29 is 0 Å². The van der Waals surface area contributed by atoms with Gasteiger partial charge in [0.05, 0.1) is 22.1 Å². The van der Waals surface area contributed by atoms with Crippen LogP contribution in [0.3, 0.4) is 0 Å². The van der Waals surface area contributed by atoms with E-state index in [4.69, 9.17) is 15.0 Å². The van der Waals surface area contributed by atoms with Gasteiger partial charge in [-0.25, -0.2) is 15.0 Å². The summed E-state index contributed by atoms with van der Waals surface area (Å²) >= 11 is 0. The molecule has 3 aromatic heterocycles. The van der Waals surface area contributed by atoms with E-state index in [0.29, 0.717) is 17.5 Å². The Morgan fingerprint density at radius 1 is 0.362 bits per heavy atom. The highest BCUT2D eigenvalue weighted by atomic mass is 15.1. The van der Waals surface area contributed by atoms with E-state index in [2.05, 4.69) is 214 Å². The van der Waals surface area contributed by atoms with E-state index in [1.165, 1.54) is 21.9 Å². The number of aromatic nitrogens is 5. The molecule has 0 radical (unpaired) electrons. The summed E-state index contributed by atoms with van der Waals surface area (Å²) in [6, 6.07) is 58.7. The topological polar surface area (TPSA) is 48.5 Å². The minimum atomic E-state index is 0.0203. The summed E-state index contributed by atoms with van der Waals surface area (Å²) in [6.07, 6.45) is 0. The zero-order valence-corrected chi connectivity index (χ0v) is 33.8. The Bertz CT molecular complexity index is 3030. The minimum Gasteiger partial charge on any atom is -0.309 e. The summed E-state index contributed by atoms with van der Waals surface area (Å²) in [6.45, 7) is 13.4. The maximum atomic E-state index is 5.41. The second-order valence-corrected chi connectivity index (χ2v) is 17.4. The van der Waals surface area contributed by atoms with Gasteiger partial charge < -0.3 is 9.13 Å². The molecule has 0 saturated heterocycles. The average Bonchev–Trinajstić information content (AvgIpc) is 3.76. The molecule has 0 fully saturated rings. The van der Waals surface area contributed by atoms with Crippen LogP contribution >= 0.6 is 0 Å². The number of rotatable bonds is 5. The van der Waals surface area contributed by atoms with Crippen molar-refractivity contribution in [2.75, 3.05) is 0 Å². The first-order valence-corrected chi connectivity index (χ1v) is 20.1. The lowest BCUT2D eigenvalue weighted by Crippen LogP contribution is -2.11. The van der Waals surface area contributed by atoms with Gasteiger partial charge in [-0.2, -0.15) is 0 Å². The fourth-order valence-electron chi connectivity index (χ4n) is 8.42. The van der Waals surface area contributed by atoms with Crippen LogP contribution in [0.4, 0.5) is 0 Å². The Morgan fingerprint density at radius 3 is 1.26 bits per heavy atom. The Kier molecular flexibility index (Phi) is 8.20. The second kappa shape index (κ2) is 13.4. The summed E-state index contributed by atoms with van der Waals surface area (Å²) in [5, 5.41) is 4.72. The van der Waals surface area contributed by atoms with Gasteiger partial charge in [-0.05, 0) is 64.4 Å². The fourth-order valence-corrected chi connectivity index (χ4v) is 8.42. The molecule has 0 N–H and O–H groups in total. The number of para-hydroxylation sites is 4. The molecule has 0 spiro atoms. The van der Waals surface area contributed by atoms with Gasteiger partial charge in [0.2, 0.25) is 0 Å². The second-order valence-electron chi connectivity index (χ2n) is 17.4. The van der Waals surface area contributed by atoms with Crippen molar-refractivity contribution in [3.63, 3.8) is 0 Å². The highest BCUT2D eigenvalue weighted by Crippen LogP contribution is 2.42. The summed E-state index contributed by atoms with van der Waals surface area (Å²) < 4.78 is 4.76. The molecule has 7 aromatic carbocycles. The van der Waals surface area contributed by atoms with Gasteiger partial charge in [-0.1, -0.05) is 163 Å². The largest absolute Gasteiger partial charge is 0.309 e. The van der Waals surface area contributed by atoms with Crippen molar-refractivity contribution in [2.45, 2.75) is 52.4 Å². The number of hydrogen-bond donors (Lipinski definition) is 0. The van der Waals surface area contributed by atoms with Crippen molar-refractivity contribution in [1.82, 2.24) is 24.1 Å². The van der Waals surface area contributed by atoms with Crippen molar-refractivity contribution in [2.24, 2.45) is 0 Å². The number of fused-ring (bicyclic) bond motifs is 6. The highest BCUT2D eigenvalue weighted by Gasteiger charge is 2.24. The Morgan fingerprint density at radius 2 is 0.776 bits per heavy atom. The first kappa shape index (κ1) is 35.6. The minimum absolute atomic E-state index is 0.0203. The Labute approximate surface area is 339 Å². The molecular weight excluding hydrogens is 707 g/mol. The van der Waals surface area contributed by atoms with Crippen LogP contribution in [-0.2, 0) is 10.8 Å². The third-order valence-electron chi connectivity index (χ3n) is 11.5. The molecule has 0 atom stereocenters. The number of nitrogens with zero attached hydrogens (tertiary/aromatic N) is 5. The predicted molar refractivity (Wildman–Crippen MR) is 242 cm³/mol. The molecule has 0 saturated carbocycles. The van der Waals surface area contributed by atoms with Gasteiger partial charge in [0.1, 0.15) is 0 Å². The zero-order chi connectivity index (χ0) is 39.8. The highest BCUT2D eigenvalue weighted by molar-refractivity contribution is 6.15. The number of hydrogen-bond acceptors (Lipinski definition) is 3. The quantitative estimate of drug-likeness (QED) is 0.176. The third kappa shape index (κ3) is 5.97. The normalized spacial score (nSPS) is 12.3. The fraction of sp³-hybridized carbons (Fsp3) is 0.151. The molecule has 10 rings (SSSR count). The van der Waals surface area contributed by atoms with Crippen LogP contribution in [0.1, 0.15) is 52.7 Å². The van der Waals surface area contributed by atoms with E-state index in [0.717, 1.165) is 60.9 Å². The molecule has 58 heavy (non-hydrogen) atoms. The van der Waals surface area contributed by atoms with Crippen LogP contribution in [0, 0.1) is 0 Å². The first-order valence-electron chi connectivity index (χ1n) is 20.1. The van der Waals surface area contributed by atoms with Crippen LogP contribution in [-0.4, -0.2) is 24.1 Å². The van der Waals surface area contributed by atoms with Crippen molar-refractivity contribution in [3.8, 4) is 45.5 Å². The smallest absolute Gasteiger partial charge is 0.166 e. The molecule has 5 nitrogen and oxygen atoms in total. The van der Waals surface area contributed by atoms with Crippen LogP contribution in [0.25, 0.3) is 89.2 Å². The van der Waals surface area contributed by atoms with E-state index in [1.54, 1.807) is 0 Å². The molecule has 0 unspecified atom stereocenters. The zero-order valence-electron chi connectivity index (χ0n) is 33.8. The number of benzene rings is 7. The summed E-state index contributed by atoms with van der Waals surface area (Å²) in [5.41, 5.74) is 12.0. The monoisotopic (exact) mass is 751 g/mol. The standard InChI is InChI=1S/C53H45N5/c1-52(2,3)36-28-24-34(25-29-36)49-54-50(35-26-30-37(31-27-35)53(4,5)6)56-51(55-49)44-33-39(57-45-21-13-10-18-40(45)41-19-11-14-22-46(41)57)32-43-42-20-12-15-23-47(42)58(48(43)44)38-16-8-7-9-17-38/h7-33H,1-6H3. The predicted octanol–water partition coefficient (Wildman–Crippen LogP) is 13.7. The molecule has 0 amide bonds. The van der Waals surface area contributed by atoms with Crippen LogP contribution in [0.5, 0.6) is 0 Å². The summed E-state index contributed by atoms with van der Waals surface area (Å²) in [7, 11) is 0.